The van der Waals surface area contributed by atoms with Gasteiger partial charge in [-0.15, -0.1) is 13.2 Å². The smallest absolute Gasteiger partial charge is 0.355 e. The van der Waals surface area contributed by atoms with Gasteiger partial charge in [0, 0.05) is 36.7 Å². The molecule has 1 aromatic carbocycles. The molecule has 1 aliphatic heterocycles. The maximum atomic E-state index is 14.3. The number of aromatic nitrogens is 3. The summed E-state index contributed by atoms with van der Waals surface area (Å²) in [5.41, 5.74) is 1.70. The number of carbonyl (C=O) groups is 4. The molecule has 1 saturated carbocycles. The molecule has 2 N–H and O–H groups in total. The molecule has 264 valence electrons. The third-order valence-electron chi connectivity index (χ3n) is 9.49. The number of hydrogen-bond acceptors (Lipinski definition) is 6. The number of Topliss-reactive ketones (excluding diaryl/α,β-unsaturated/α-hetero) is 1. The van der Waals surface area contributed by atoms with Gasteiger partial charge >= 0.3 is 6.18 Å². The molecule has 2 aromatic heterocycles. The van der Waals surface area contributed by atoms with E-state index in [4.69, 9.17) is 0 Å². The van der Waals surface area contributed by atoms with Crippen LogP contribution < -0.4 is 10.6 Å². The summed E-state index contributed by atoms with van der Waals surface area (Å²) in [6.07, 6.45) is 1.46. The van der Waals surface area contributed by atoms with Crippen molar-refractivity contribution in [3.63, 3.8) is 0 Å². The zero-order valence-electron chi connectivity index (χ0n) is 28.5. The quantitative estimate of drug-likeness (QED) is 0.118. The number of fused-ring (bicyclic) bond motifs is 2. The van der Waals surface area contributed by atoms with Gasteiger partial charge in [-0.05, 0) is 80.8 Å². The Balaban J connectivity index is 1.48. The average molecular weight is 691 g/mol. The van der Waals surface area contributed by atoms with Crippen molar-refractivity contribution >= 4 is 45.8 Å². The first-order valence-corrected chi connectivity index (χ1v) is 16.5. The monoisotopic (exact) mass is 690 g/mol. The van der Waals surface area contributed by atoms with Crippen LogP contribution in [0.3, 0.4) is 0 Å². The maximum Gasteiger partial charge on any atom is 0.433 e. The van der Waals surface area contributed by atoms with Gasteiger partial charge in [0.25, 0.3) is 0 Å². The second-order valence-electron chi connectivity index (χ2n) is 13.3. The predicted octanol–water partition coefficient (Wildman–Crippen LogP) is 6.19. The summed E-state index contributed by atoms with van der Waals surface area (Å²) >= 11 is 0. The Morgan fingerprint density at radius 1 is 1.10 bits per heavy atom. The number of allylic oxidation sites excluding steroid dienone is 3. The van der Waals surface area contributed by atoms with Gasteiger partial charge in [0.2, 0.25) is 17.7 Å². The molecule has 3 aromatic rings. The minimum atomic E-state index is -4.72. The second-order valence-corrected chi connectivity index (χ2v) is 13.3. The van der Waals surface area contributed by atoms with Crippen molar-refractivity contribution in [3.05, 3.63) is 84.2 Å². The first-order valence-electron chi connectivity index (χ1n) is 16.5. The molecule has 0 spiro atoms. The lowest BCUT2D eigenvalue weighted by Crippen LogP contribution is -2.47. The molecular weight excluding hydrogens is 649 g/mol. The van der Waals surface area contributed by atoms with Crippen LogP contribution in [0, 0.1) is 12.3 Å². The summed E-state index contributed by atoms with van der Waals surface area (Å²) in [7, 11) is 0. The number of unbranched alkanes of at least 4 members (excludes halogenated alkanes) is 1. The van der Waals surface area contributed by atoms with Crippen LogP contribution in [0.5, 0.6) is 0 Å². The lowest BCUT2D eigenvalue weighted by atomic mass is 9.98. The first kappa shape index (κ1) is 36.2. The van der Waals surface area contributed by atoms with E-state index in [1.165, 1.54) is 29.5 Å². The normalized spacial score (nSPS) is 19.5. The number of piperidine rings is 1. The van der Waals surface area contributed by atoms with Crippen molar-refractivity contribution in [2.75, 3.05) is 11.9 Å². The van der Waals surface area contributed by atoms with Crippen LogP contribution in [0.1, 0.15) is 78.8 Å². The van der Waals surface area contributed by atoms with Gasteiger partial charge in [-0.25, -0.2) is 4.98 Å². The van der Waals surface area contributed by atoms with Gasteiger partial charge in [-0.1, -0.05) is 30.4 Å². The lowest BCUT2D eigenvalue weighted by Gasteiger charge is -2.27. The van der Waals surface area contributed by atoms with E-state index in [1.54, 1.807) is 12.2 Å². The number of halogens is 3. The lowest BCUT2D eigenvalue weighted by molar-refractivity contribution is -0.141. The van der Waals surface area contributed by atoms with Crippen LogP contribution in [0.15, 0.2) is 56.2 Å². The summed E-state index contributed by atoms with van der Waals surface area (Å²) < 4.78 is 41.9. The highest BCUT2D eigenvalue weighted by Crippen LogP contribution is 2.59. The first-order chi connectivity index (χ1) is 23.6. The van der Waals surface area contributed by atoms with Crippen LogP contribution in [0.4, 0.5) is 19.0 Å². The molecule has 0 unspecified atom stereocenters. The van der Waals surface area contributed by atoms with Crippen molar-refractivity contribution in [3.8, 4) is 0 Å². The van der Waals surface area contributed by atoms with Gasteiger partial charge in [0.05, 0.1) is 5.52 Å². The number of nitrogens with zero attached hydrogens (tertiary/aromatic N) is 4. The average Bonchev–Trinajstić information content (AvgIpc) is 3.45. The van der Waals surface area contributed by atoms with Gasteiger partial charge in [-0.2, -0.15) is 18.3 Å². The molecule has 0 radical (unpaired) electrons. The number of likely N-dealkylation sites (tertiary alicyclic amines) is 1. The highest BCUT2D eigenvalue weighted by atomic mass is 19.4. The molecule has 10 nitrogen and oxygen atoms in total. The van der Waals surface area contributed by atoms with Crippen molar-refractivity contribution in [2.45, 2.75) is 84.1 Å². The van der Waals surface area contributed by atoms with E-state index in [9.17, 15) is 32.3 Å². The molecule has 5 rings (SSSR count). The van der Waals surface area contributed by atoms with Crippen LogP contribution in [-0.2, 0) is 33.5 Å². The fraction of sp³-hybridized carbons (Fsp3) is 0.405. The number of pyridine rings is 1. The fourth-order valence-corrected chi connectivity index (χ4v) is 6.80. The van der Waals surface area contributed by atoms with Crippen LogP contribution in [0.2, 0.25) is 0 Å². The molecule has 1 saturated heterocycles. The zero-order chi connectivity index (χ0) is 36.5. The van der Waals surface area contributed by atoms with Crippen molar-refractivity contribution < 1.29 is 32.3 Å². The molecule has 3 atom stereocenters. The Bertz CT molecular complexity index is 1910. The van der Waals surface area contributed by atoms with E-state index < -0.39 is 41.2 Å². The minimum Gasteiger partial charge on any atom is -0.355 e. The standard InChI is InChI=1S/C37H41F3N6O4/c1-7-9-10-12-30(48)41-20-36-17-27(35(50)43-34-22(5)13-14-28(42-34)37(38,39)40)46(29(36)18-36)31(49)19-45-33-24(11-8-2)15-25(21(3)4)16-26(33)32(44-45)23(6)47/h7-8,13-16,27,29H,1-3,9-12,17-20H2,4-6H3,(H,41,48)(H,42,43,50)/t27-,29+,36-/m0/s1. The number of benzene rings is 1. The summed E-state index contributed by atoms with van der Waals surface area (Å²) in [6, 6.07) is 4.31. The molecule has 2 aliphatic rings. The van der Waals surface area contributed by atoms with Crippen molar-refractivity contribution in [2.24, 2.45) is 5.41 Å². The predicted molar refractivity (Wildman–Crippen MR) is 184 cm³/mol. The maximum absolute atomic E-state index is 14.3. The fourth-order valence-electron chi connectivity index (χ4n) is 6.80. The highest BCUT2D eigenvalue weighted by molar-refractivity contribution is 6.06. The Hall–Kier alpha value is -5.07. The summed E-state index contributed by atoms with van der Waals surface area (Å²) in [4.78, 5) is 58.6. The van der Waals surface area contributed by atoms with Gasteiger partial charge in [0.1, 0.15) is 29.8 Å². The molecule has 3 heterocycles. The Morgan fingerprint density at radius 2 is 1.84 bits per heavy atom. The number of carbonyl (C=O) groups excluding carboxylic acids is 4. The largest absolute Gasteiger partial charge is 0.433 e. The number of anilines is 1. The zero-order valence-corrected chi connectivity index (χ0v) is 28.5. The van der Waals surface area contributed by atoms with Crippen LogP contribution >= 0.6 is 0 Å². The molecule has 50 heavy (non-hydrogen) atoms. The number of aryl methyl sites for hydroxylation is 1. The van der Waals surface area contributed by atoms with Gasteiger partial charge < -0.3 is 15.5 Å². The second kappa shape index (κ2) is 14.0. The Kier molecular flexibility index (Phi) is 10.2. The third kappa shape index (κ3) is 7.26. The summed E-state index contributed by atoms with van der Waals surface area (Å²) in [6.45, 7) is 16.2. The molecule has 2 fully saturated rings. The van der Waals surface area contributed by atoms with Gasteiger partial charge in [-0.3, -0.25) is 23.9 Å². The van der Waals surface area contributed by atoms with E-state index in [-0.39, 0.29) is 42.7 Å². The van der Waals surface area contributed by atoms with E-state index in [0.29, 0.717) is 48.6 Å². The topological polar surface area (TPSA) is 126 Å². The van der Waals surface area contributed by atoms with Crippen molar-refractivity contribution in [1.82, 2.24) is 25.0 Å². The Labute approximate surface area is 288 Å². The number of amides is 3. The van der Waals surface area contributed by atoms with Crippen LogP contribution in [0.25, 0.3) is 16.5 Å². The van der Waals surface area contributed by atoms with Crippen LogP contribution in [-0.4, -0.2) is 61.8 Å². The number of alkyl halides is 3. The number of hydrogen-bond donors (Lipinski definition) is 2. The summed E-state index contributed by atoms with van der Waals surface area (Å²) in [5.74, 6) is -1.87. The SMILES string of the molecule is C=CCCCC(=O)NC[C@@]12C[C@@H](C(=O)Nc3nc(C(F)(F)F)ccc3C)N(C(=O)Cn3nc(C(C)=O)c4cc(C(=C)C)cc(CC=C)c43)[C@@H]1C2. The van der Waals surface area contributed by atoms with Crippen molar-refractivity contribution in [1.29, 1.82) is 0 Å². The molecule has 1 aliphatic carbocycles. The minimum absolute atomic E-state index is 0.162. The Morgan fingerprint density at radius 3 is 2.48 bits per heavy atom. The third-order valence-corrected chi connectivity index (χ3v) is 9.49. The number of rotatable bonds is 14. The van der Waals surface area contributed by atoms with E-state index >= 15 is 0 Å². The van der Waals surface area contributed by atoms with E-state index in [1.807, 2.05) is 19.1 Å². The molecular formula is C37H41F3N6O4. The van der Waals surface area contributed by atoms with Gasteiger partial charge in [0.15, 0.2) is 5.78 Å². The van der Waals surface area contributed by atoms with E-state index in [2.05, 4.69) is 40.5 Å². The number of ketones is 1. The molecule has 0 bridgehead atoms. The summed E-state index contributed by atoms with van der Waals surface area (Å²) in [5, 5.41) is 10.6. The number of nitrogens with one attached hydrogen (secondary N) is 2. The highest BCUT2D eigenvalue weighted by Gasteiger charge is 2.67. The molecule has 3 amide bonds. The molecule has 13 heteroatoms. The van der Waals surface area contributed by atoms with E-state index in [0.717, 1.165) is 22.8 Å².